The molecule has 0 aliphatic carbocycles. The van der Waals surface area contributed by atoms with Crippen molar-refractivity contribution < 1.29 is 28.4 Å². The number of hydrogen-bond acceptors (Lipinski definition) is 3. The van der Waals surface area contributed by atoms with E-state index < -0.39 is 0 Å². The van der Waals surface area contributed by atoms with Crippen molar-refractivity contribution in [1.82, 2.24) is 0 Å². The maximum atomic E-state index is 11.7. The molecule has 0 aliphatic heterocycles. The van der Waals surface area contributed by atoms with E-state index in [0.29, 0.717) is 16.5 Å². The van der Waals surface area contributed by atoms with Crippen molar-refractivity contribution in [3.05, 3.63) is 40.6 Å². The van der Waals surface area contributed by atoms with Gasteiger partial charge >= 0.3 is 24.8 Å². The summed E-state index contributed by atoms with van der Waals surface area (Å²) in [6.07, 6.45) is 2.28. The molecule has 2 rings (SSSR count). The number of aryl methyl sites for hydroxylation is 1. The molecule has 0 saturated heterocycles. The van der Waals surface area contributed by atoms with Crippen LogP contribution in [-0.4, -0.2) is 12.6 Å². The Hall–Kier alpha value is -0.463. The molecule has 0 atom stereocenters. The third-order valence-corrected chi connectivity index (χ3v) is 4.20. The number of benzene rings is 1. The summed E-state index contributed by atoms with van der Waals surface area (Å²) < 4.78 is 6.07. The van der Waals surface area contributed by atoms with Crippen molar-refractivity contribution >= 4 is 39.0 Å². The smallest absolute Gasteiger partial charge is 0.462 e. The number of fused-ring (bicyclic) bond motifs is 1. The Morgan fingerprint density at radius 3 is 2.52 bits per heavy atom. The van der Waals surface area contributed by atoms with E-state index in [1.807, 2.05) is 25.1 Å². The van der Waals surface area contributed by atoms with Crippen molar-refractivity contribution in [2.24, 2.45) is 0 Å². The molecule has 21 heavy (non-hydrogen) atoms. The normalized spacial score (nSPS) is 9.57. The Morgan fingerprint density at radius 2 is 2.00 bits per heavy atom. The molecule has 0 saturated carbocycles. The molecule has 110 valence electrons. The van der Waals surface area contributed by atoms with Gasteiger partial charge in [-0.3, -0.25) is 0 Å². The summed E-state index contributed by atoms with van der Waals surface area (Å²) in [6.45, 7) is 9.84. The summed E-state index contributed by atoms with van der Waals surface area (Å²) in [7, 11) is 0. The van der Waals surface area contributed by atoms with Gasteiger partial charge in [-0.05, 0) is 43.0 Å². The number of unbranched alkanes of at least 4 members (excludes halogenated alkanes) is 1. The number of rotatable bonds is 3. The number of carbonyl (C=O) groups excluding carboxylic acids is 1. The summed E-state index contributed by atoms with van der Waals surface area (Å²) in [6, 6.07) is 5.64. The third kappa shape index (κ3) is 5.68. The van der Waals surface area contributed by atoms with Crippen molar-refractivity contribution in [1.29, 1.82) is 0 Å². The average molecular weight is 319 g/mol. The Balaban J connectivity index is 0.000000715. The summed E-state index contributed by atoms with van der Waals surface area (Å²) in [5.74, 6) is -0.252. The van der Waals surface area contributed by atoms with Crippen LogP contribution in [0.25, 0.3) is 10.1 Å². The van der Waals surface area contributed by atoms with Crippen LogP contribution in [0.3, 0.4) is 0 Å². The van der Waals surface area contributed by atoms with Crippen LogP contribution in [-0.2, 0) is 4.74 Å². The molecule has 0 N–H and O–H groups in total. The quantitative estimate of drug-likeness (QED) is 0.494. The molecule has 0 radical (unpaired) electrons. The molecule has 0 spiro atoms. The monoisotopic (exact) mass is 318 g/mol. The van der Waals surface area contributed by atoms with Crippen LogP contribution in [0.5, 0.6) is 0 Å². The minimum absolute atomic E-state index is 0. The number of thiophene rings is 1. The fourth-order valence-electron chi connectivity index (χ4n) is 1.58. The Bertz CT molecular complexity index is 579. The Morgan fingerprint density at radius 1 is 1.38 bits per heavy atom. The molecule has 2 aromatic rings. The van der Waals surface area contributed by atoms with Crippen LogP contribution in [0.4, 0.5) is 0 Å². The van der Waals surface area contributed by atoms with Gasteiger partial charge in [0.05, 0.1) is 6.61 Å². The van der Waals surface area contributed by atoms with Crippen molar-refractivity contribution in [3.8, 4) is 0 Å². The minimum atomic E-state index is -0.252. The van der Waals surface area contributed by atoms with E-state index in [0.717, 1.165) is 22.1 Å². The summed E-state index contributed by atoms with van der Waals surface area (Å²) in [4.78, 5) is 12.3. The van der Waals surface area contributed by atoms with Crippen molar-refractivity contribution in [3.63, 3.8) is 0 Å². The second kappa shape index (κ2) is 10.3. The predicted molar refractivity (Wildman–Crippen MR) is 87.8 cm³/mol. The molecule has 5 heteroatoms. The molecule has 1 heterocycles. The SMILES string of the molecule is CCOC(=O)c1sc2ccc(Cl)cc2c1C.[CH2-]CCC.[Li+]. The van der Waals surface area contributed by atoms with Crippen LogP contribution >= 0.6 is 22.9 Å². The van der Waals surface area contributed by atoms with Crippen molar-refractivity contribution in [2.75, 3.05) is 6.61 Å². The maximum Gasteiger partial charge on any atom is 1.00 e. The summed E-state index contributed by atoms with van der Waals surface area (Å²) in [5.41, 5.74) is 0.945. The first-order valence-electron chi connectivity index (χ1n) is 6.70. The number of hydrogen-bond donors (Lipinski definition) is 0. The Kier molecular flexibility index (Phi) is 10.1. The molecule has 0 aliphatic rings. The molecule has 2 nitrogen and oxygen atoms in total. The van der Waals surface area contributed by atoms with Gasteiger partial charge in [0, 0.05) is 9.72 Å². The first-order valence-corrected chi connectivity index (χ1v) is 7.89. The van der Waals surface area contributed by atoms with E-state index in [-0.39, 0.29) is 24.8 Å². The summed E-state index contributed by atoms with van der Waals surface area (Å²) >= 11 is 7.38. The first kappa shape index (κ1) is 20.5. The van der Waals surface area contributed by atoms with Crippen LogP contribution < -0.4 is 18.9 Å². The van der Waals surface area contributed by atoms with Crippen LogP contribution in [0, 0.1) is 13.8 Å². The molecule has 0 fully saturated rings. The second-order valence-corrected chi connectivity index (χ2v) is 5.76. The molecular weight excluding hydrogens is 299 g/mol. The van der Waals surface area contributed by atoms with Gasteiger partial charge in [-0.1, -0.05) is 24.9 Å². The zero-order chi connectivity index (χ0) is 15.1. The van der Waals surface area contributed by atoms with Gasteiger partial charge in [0.1, 0.15) is 4.88 Å². The molecule has 0 bridgehead atoms. The number of halogens is 1. The topological polar surface area (TPSA) is 26.3 Å². The average Bonchev–Trinajstić information content (AvgIpc) is 2.77. The van der Waals surface area contributed by atoms with E-state index in [1.165, 1.54) is 17.8 Å². The van der Waals surface area contributed by atoms with E-state index >= 15 is 0 Å². The molecule has 0 unspecified atom stereocenters. The maximum absolute atomic E-state index is 11.7. The van der Waals surface area contributed by atoms with E-state index in [4.69, 9.17) is 16.3 Å². The van der Waals surface area contributed by atoms with Gasteiger partial charge in [0.15, 0.2) is 0 Å². The third-order valence-electron chi connectivity index (χ3n) is 2.71. The zero-order valence-corrected chi connectivity index (χ0v) is 14.7. The largest absolute Gasteiger partial charge is 1.00 e. The van der Waals surface area contributed by atoms with Gasteiger partial charge in [-0.15, -0.1) is 11.3 Å². The predicted octanol–water partition coefficient (Wildman–Crippen LogP) is 2.66. The minimum Gasteiger partial charge on any atom is -0.462 e. The van der Waals surface area contributed by atoms with E-state index in [2.05, 4.69) is 13.8 Å². The van der Waals surface area contributed by atoms with Crippen LogP contribution in [0.1, 0.15) is 41.9 Å². The van der Waals surface area contributed by atoms with Crippen molar-refractivity contribution in [2.45, 2.75) is 33.6 Å². The zero-order valence-electron chi connectivity index (χ0n) is 13.2. The van der Waals surface area contributed by atoms with Crippen LogP contribution in [0.15, 0.2) is 18.2 Å². The van der Waals surface area contributed by atoms with Gasteiger partial charge < -0.3 is 11.7 Å². The van der Waals surface area contributed by atoms with Gasteiger partial charge in [-0.25, -0.2) is 4.79 Å². The molecule has 1 aromatic heterocycles. The fourth-order valence-corrected chi connectivity index (χ4v) is 2.84. The number of esters is 1. The standard InChI is InChI=1S/C12H11ClO2S.C4H9.Li/c1-3-15-12(14)11-7(2)9-6-8(13)4-5-10(9)16-11;1-3-4-2;/h4-6H,3H2,1-2H3;1,3-4H2,2H3;/q;-1;+1. The van der Waals surface area contributed by atoms with Gasteiger partial charge in [0.2, 0.25) is 0 Å². The molecule has 1 aromatic carbocycles. The number of ether oxygens (including phenoxy) is 1. The first-order chi connectivity index (χ1) is 9.54. The van der Waals surface area contributed by atoms with Gasteiger partial charge in [0.25, 0.3) is 0 Å². The van der Waals surface area contributed by atoms with Gasteiger partial charge in [-0.2, -0.15) is 6.42 Å². The Labute approximate surface area is 148 Å². The van der Waals surface area contributed by atoms with Crippen LogP contribution in [0.2, 0.25) is 5.02 Å². The fraction of sp³-hybridized carbons (Fsp3) is 0.375. The number of carbonyl (C=O) groups is 1. The van der Waals surface area contributed by atoms with E-state index in [1.54, 1.807) is 6.92 Å². The van der Waals surface area contributed by atoms with E-state index in [9.17, 15) is 4.79 Å². The molecule has 0 amide bonds. The summed E-state index contributed by atoms with van der Waals surface area (Å²) in [5, 5.41) is 1.71. The second-order valence-electron chi connectivity index (χ2n) is 4.27. The molecular formula is C16H20ClLiO2S.